The van der Waals surface area contributed by atoms with E-state index >= 15 is 0 Å². The summed E-state index contributed by atoms with van der Waals surface area (Å²) < 4.78 is 5.80. The van der Waals surface area contributed by atoms with Crippen LogP contribution in [-0.2, 0) is 0 Å². The zero-order valence-electron chi connectivity index (χ0n) is 14.3. The number of aryl methyl sites for hydroxylation is 2. The van der Waals surface area contributed by atoms with Gasteiger partial charge in [-0.05, 0) is 54.8 Å². The Bertz CT molecular complexity index is 684. The van der Waals surface area contributed by atoms with Gasteiger partial charge >= 0.3 is 0 Å². The second-order valence-corrected chi connectivity index (χ2v) is 6.05. The zero-order valence-corrected chi connectivity index (χ0v) is 14.3. The Kier molecular flexibility index (Phi) is 5.65. The topological polar surface area (TPSA) is 36.3 Å². The molecule has 0 saturated carbocycles. The van der Waals surface area contributed by atoms with Gasteiger partial charge in [0.2, 0.25) is 0 Å². The van der Waals surface area contributed by atoms with E-state index in [9.17, 15) is 5.26 Å². The lowest BCUT2D eigenvalue weighted by Gasteiger charge is -2.15. The van der Waals surface area contributed by atoms with E-state index in [1.54, 1.807) is 0 Å². The minimum absolute atomic E-state index is 0.141. The van der Waals surface area contributed by atoms with E-state index in [1.807, 2.05) is 55.4 Å². The molecule has 23 heavy (non-hydrogen) atoms. The molecule has 0 aromatic heterocycles. The molecular formula is C20H24N2O. The third kappa shape index (κ3) is 4.50. The first-order valence-electron chi connectivity index (χ1n) is 7.88. The smallest absolute Gasteiger partial charge is 0.119 e. The summed E-state index contributed by atoms with van der Waals surface area (Å²) in [6, 6.07) is 16.6. The van der Waals surface area contributed by atoms with E-state index in [-0.39, 0.29) is 5.92 Å². The van der Waals surface area contributed by atoms with Gasteiger partial charge in [0.15, 0.2) is 0 Å². The van der Waals surface area contributed by atoms with Crippen molar-refractivity contribution in [3.63, 3.8) is 0 Å². The molecule has 0 aliphatic carbocycles. The molecule has 0 bridgehead atoms. The van der Waals surface area contributed by atoms with Gasteiger partial charge < -0.3 is 9.64 Å². The number of hydrogen-bond acceptors (Lipinski definition) is 3. The van der Waals surface area contributed by atoms with Crippen molar-refractivity contribution in [2.75, 3.05) is 25.6 Å². The van der Waals surface area contributed by atoms with Crippen LogP contribution >= 0.6 is 0 Å². The van der Waals surface area contributed by atoms with Crippen LogP contribution in [0, 0.1) is 25.2 Å². The number of benzene rings is 2. The van der Waals surface area contributed by atoms with Gasteiger partial charge in [0, 0.05) is 26.2 Å². The van der Waals surface area contributed by atoms with Gasteiger partial charge in [-0.2, -0.15) is 5.26 Å². The molecule has 0 fully saturated rings. The number of nitriles is 1. The highest BCUT2D eigenvalue weighted by Gasteiger charge is 2.11. The summed E-state index contributed by atoms with van der Waals surface area (Å²) in [5.74, 6) is 0.727. The van der Waals surface area contributed by atoms with Gasteiger partial charge in [-0.1, -0.05) is 18.2 Å². The number of hydrogen-bond donors (Lipinski definition) is 0. The fraction of sp³-hybridized carbons (Fsp3) is 0.350. The minimum Gasteiger partial charge on any atom is -0.494 e. The van der Waals surface area contributed by atoms with Crippen LogP contribution in [-0.4, -0.2) is 20.7 Å². The summed E-state index contributed by atoms with van der Waals surface area (Å²) in [5, 5.41) is 9.42. The lowest BCUT2D eigenvalue weighted by atomic mass is 9.97. The maximum absolute atomic E-state index is 9.42. The maximum atomic E-state index is 9.42. The first-order valence-corrected chi connectivity index (χ1v) is 7.88. The van der Waals surface area contributed by atoms with E-state index < -0.39 is 0 Å². The molecule has 1 unspecified atom stereocenters. The van der Waals surface area contributed by atoms with E-state index in [0.29, 0.717) is 13.0 Å². The Morgan fingerprint density at radius 3 is 2.30 bits per heavy atom. The normalized spacial score (nSPS) is 11.6. The van der Waals surface area contributed by atoms with Crippen LogP contribution in [0.2, 0.25) is 0 Å². The SMILES string of the molecule is Cc1ccc(OCCC(C#N)c2ccc(N(C)C)cc2)cc1C. The van der Waals surface area contributed by atoms with E-state index in [0.717, 1.165) is 17.0 Å². The molecule has 2 rings (SSSR count). The Labute approximate surface area is 139 Å². The molecule has 2 aromatic rings. The van der Waals surface area contributed by atoms with Crippen LogP contribution in [0.3, 0.4) is 0 Å². The van der Waals surface area contributed by atoms with Crippen LogP contribution in [0.15, 0.2) is 42.5 Å². The zero-order chi connectivity index (χ0) is 16.8. The van der Waals surface area contributed by atoms with E-state index in [1.165, 1.54) is 11.1 Å². The standard InChI is InChI=1S/C20H24N2O/c1-15-5-10-20(13-16(15)2)23-12-11-18(14-21)17-6-8-19(9-7-17)22(3)4/h5-10,13,18H,11-12H2,1-4H3. The molecule has 0 amide bonds. The van der Waals surface area contributed by atoms with E-state index in [4.69, 9.17) is 4.74 Å². The van der Waals surface area contributed by atoms with Gasteiger partial charge in [0.1, 0.15) is 5.75 Å². The Hall–Kier alpha value is -2.47. The molecule has 0 saturated heterocycles. The third-order valence-corrected chi connectivity index (χ3v) is 4.12. The molecule has 0 spiro atoms. The highest BCUT2D eigenvalue weighted by Crippen LogP contribution is 2.23. The predicted octanol–water partition coefficient (Wildman–Crippen LogP) is 4.45. The van der Waals surface area contributed by atoms with Gasteiger partial charge in [-0.25, -0.2) is 0 Å². The number of rotatable bonds is 6. The molecule has 0 aliphatic rings. The minimum atomic E-state index is -0.141. The van der Waals surface area contributed by atoms with Crippen molar-refractivity contribution < 1.29 is 4.74 Å². The number of ether oxygens (including phenoxy) is 1. The highest BCUT2D eigenvalue weighted by atomic mass is 16.5. The molecule has 3 nitrogen and oxygen atoms in total. The van der Waals surface area contributed by atoms with Crippen molar-refractivity contribution in [2.24, 2.45) is 0 Å². The largest absolute Gasteiger partial charge is 0.494 e. The summed E-state index contributed by atoms with van der Waals surface area (Å²) in [5.41, 5.74) is 4.66. The first kappa shape index (κ1) is 16.9. The average molecular weight is 308 g/mol. The molecule has 0 radical (unpaired) electrons. The lowest BCUT2D eigenvalue weighted by molar-refractivity contribution is 0.305. The maximum Gasteiger partial charge on any atom is 0.119 e. The van der Waals surface area contributed by atoms with Crippen molar-refractivity contribution in [2.45, 2.75) is 26.2 Å². The van der Waals surface area contributed by atoms with Crippen LogP contribution in [0.1, 0.15) is 29.0 Å². The van der Waals surface area contributed by atoms with Crippen molar-refractivity contribution in [1.29, 1.82) is 5.26 Å². The molecule has 2 aromatic carbocycles. The van der Waals surface area contributed by atoms with Crippen LogP contribution in [0.5, 0.6) is 5.75 Å². The molecule has 0 heterocycles. The summed E-state index contributed by atoms with van der Waals surface area (Å²) in [6.45, 7) is 4.70. The van der Waals surface area contributed by atoms with Crippen molar-refractivity contribution in [3.8, 4) is 11.8 Å². The third-order valence-electron chi connectivity index (χ3n) is 4.12. The summed E-state index contributed by atoms with van der Waals surface area (Å²) >= 11 is 0. The molecular weight excluding hydrogens is 284 g/mol. The first-order chi connectivity index (χ1) is 11.0. The lowest BCUT2D eigenvalue weighted by Crippen LogP contribution is -2.09. The fourth-order valence-electron chi connectivity index (χ4n) is 2.41. The quantitative estimate of drug-likeness (QED) is 0.791. The average Bonchev–Trinajstić information content (AvgIpc) is 2.55. The second kappa shape index (κ2) is 7.69. The molecule has 0 aliphatic heterocycles. The van der Waals surface area contributed by atoms with Crippen molar-refractivity contribution >= 4 is 5.69 Å². The van der Waals surface area contributed by atoms with Crippen molar-refractivity contribution in [3.05, 3.63) is 59.2 Å². The second-order valence-electron chi connectivity index (χ2n) is 6.05. The molecule has 120 valence electrons. The Balaban J connectivity index is 1.94. The summed E-state index contributed by atoms with van der Waals surface area (Å²) in [4.78, 5) is 2.05. The van der Waals surface area contributed by atoms with E-state index in [2.05, 4.69) is 26.0 Å². The molecule has 3 heteroatoms. The van der Waals surface area contributed by atoms with Crippen LogP contribution < -0.4 is 9.64 Å². The monoisotopic (exact) mass is 308 g/mol. The summed E-state index contributed by atoms with van der Waals surface area (Å²) in [6.07, 6.45) is 0.685. The number of nitrogens with zero attached hydrogens (tertiary/aromatic N) is 2. The Morgan fingerprint density at radius 1 is 1.04 bits per heavy atom. The van der Waals surface area contributed by atoms with Crippen LogP contribution in [0.25, 0.3) is 0 Å². The van der Waals surface area contributed by atoms with Gasteiger partial charge in [-0.3, -0.25) is 0 Å². The van der Waals surface area contributed by atoms with Crippen molar-refractivity contribution in [1.82, 2.24) is 0 Å². The molecule has 0 N–H and O–H groups in total. The Morgan fingerprint density at radius 2 is 1.74 bits per heavy atom. The van der Waals surface area contributed by atoms with Gasteiger partial charge in [0.05, 0.1) is 18.6 Å². The van der Waals surface area contributed by atoms with Gasteiger partial charge in [0.25, 0.3) is 0 Å². The van der Waals surface area contributed by atoms with Crippen LogP contribution in [0.4, 0.5) is 5.69 Å². The number of anilines is 1. The highest BCUT2D eigenvalue weighted by molar-refractivity contribution is 5.47. The predicted molar refractivity (Wildman–Crippen MR) is 95.2 cm³/mol. The fourth-order valence-corrected chi connectivity index (χ4v) is 2.41. The summed E-state index contributed by atoms with van der Waals surface area (Å²) in [7, 11) is 4.02. The van der Waals surface area contributed by atoms with Gasteiger partial charge in [-0.15, -0.1) is 0 Å². The molecule has 1 atom stereocenters.